The molecule has 4 aromatic rings. The standard InChI is InChI=1S/C25H24N2O5S/c28-24(15-20-17-32-23-10-7-19-3-1-2-4-22(19)25(20)23)26-16-18-5-8-21(9-6-18)33(29,30)27-11-13-31-14-12-27/h1-10,17H,11-16H2,(H,26,28). The summed E-state index contributed by atoms with van der Waals surface area (Å²) < 4.78 is 37.8. The molecule has 8 heteroatoms. The van der Waals surface area contributed by atoms with E-state index in [9.17, 15) is 13.2 Å². The summed E-state index contributed by atoms with van der Waals surface area (Å²) in [4.78, 5) is 12.9. The van der Waals surface area contributed by atoms with Crippen LogP contribution in [0.1, 0.15) is 11.1 Å². The Bertz CT molecular complexity index is 1400. The fourth-order valence-electron chi connectivity index (χ4n) is 4.16. The molecule has 3 aromatic carbocycles. The molecule has 0 aliphatic carbocycles. The van der Waals surface area contributed by atoms with Gasteiger partial charge in [-0.3, -0.25) is 4.79 Å². The minimum atomic E-state index is -3.53. The van der Waals surface area contributed by atoms with Crippen LogP contribution in [0.15, 0.2) is 76.2 Å². The zero-order chi connectivity index (χ0) is 22.8. The van der Waals surface area contributed by atoms with Gasteiger partial charge in [0.2, 0.25) is 15.9 Å². The lowest BCUT2D eigenvalue weighted by Gasteiger charge is -2.26. The monoisotopic (exact) mass is 464 g/mol. The predicted molar refractivity (Wildman–Crippen MR) is 125 cm³/mol. The van der Waals surface area contributed by atoms with E-state index < -0.39 is 10.0 Å². The average molecular weight is 465 g/mol. The highest BCUT2D eigenvalue weighted by Crippen LogP contribution is 2.30. The molecule has 0 atom stereocenters. The number of nitrogens with one attached hydrogen (secondary N) is 1. The van der Waals surface area contributed by atoms with E-state index >= 15 is 0 Å². The van der Waals surface area contributed by atoms with E-state index in [1.807, 2.05) is 36.4 Å². The third-order valence-electron chi connectivity index (χ3n) is 5.91. The van der Waals surface area contributed by atoms with Gasteiger partial charge in [0.1, 0.15) is 5.58 Å². The van der Waals surface area contributed by atoms with Gasteiger partial charge in [-0.15, -0.1) is 0 Å². The lowest BCUT2D eigenvalue weighted by molar-refractivity contribution is -0.120. The van der Waals surface area contributed by atoms with Gasteiger partial charge >= 0.3 is 0 Å². The van der Waals surface area contributed by atoms with Gasteiger partial charge < -0.3 is 14.5 Å². The van der Waals surface area contributed by atoms with Gasteiger partial charge in [-0.05, 0) is 34.5 Å². The third-order valence-corrected chi connectivity index (χ3v) is 7.82. The van der Waals surface area contributed by atoms with E-state index in [1.165, 1.54) is 4.31 Å². The molecule has 1 N–H and O–H groups in total. The summed E-state index contributed by atoms with van der Waals surface area (Å²) in [5.74, 6) is -0.129. The van der Waals surface area contributed by atoms with Crippen LogP contribution in [0.4, 0.5) is 0 Å². The summed E-state index contributed by atoms with van der Waals surface area (Å²) in [5.41, 5.74) is 2.42. The molecule has 1 aliphatic heterocycles. The molecule has 1 amide bonds. The summed E-state index contributed by atoms with van der Waals surface area (Å²) in [5, 5.41) is 6.03. The summed E-state index contributed by atoms with van der Waals surface area (Å²) in [7, 11) is -3.53. The maximum absolute atomic E-state index is 12.7. The number of nitrogens with zero attached hydrogens (tertiary/aromatic N) is 1. The maximum atomic E-state index is 12.7. The van der Waals surface area contributed by atoms with Crippen molar-refractivity contribution in [2.45, 2.75) is 17.9 Å². The van der Waals surface area contributed by atoms with Crippen molar-refractivity contribution in [2.24, 2.45) is 0 Å². The summed E-state index contributed by atoms with van der Waals surface area (Å²) in [6, 6.07) is 18.6. The van der Waals surface area contributed by atoms with Crippen LogP contribution in [0.25, 0.3) is 21.7 Å². The van der Waals surface area contributed by atoms with Gasteiger partial charge in [0.15, 0.2) is 0 Å². The first-order chi connectivity index (χ1) is 16.0. The fourth-order valence-corrected chi connectivity index (χ4v) is 5.56. The fraction of sp³-hybridized carbons (Fsp3) is 0.240. The molecule has 0 bridgehead atoms. The van der Waals surface area contributed by atoms with Crippen molar-refractivity contribution in [1.29, 1.82) is 0 Å². The molecule has 0 unspecified atom stereocenters. The Labute approximate surface area is 192 Å². The van der Waals surface area contributed by atoms with E-state index in [1.54, 1.807) is 30.5 Å². The molecule has 0 saturated carbocycles. The minimum absolute atomic E-state index is 0.129. The number of hydrogen-bond donors (Lipinski definition) is 1. The molecular formula is C25H24N2O5S. The minimum Gasteiger partial charge on any atom is -0.464 e. The number of hydrogen-bond acceptors (Lipinski definition) is 5. The van der Waals surface area contributed by atoms with E-state index in [-0.39, 0.29) is 17.2 Å². The predicted octanol–water partition coefficient (Wildman–Crippen LogP) is 3.47. The smallest absolute Gasteiger partial charge is 0.243 e. The highest BCUT2D eigenvalue weighted by atomic mass is 32.2. The Kier molecular flexibility index (Phi) is 5.88. The second-order valence-corrected chi connectivity index (χ2v) is 9.97. The van der Waals surface area contributed by atoms with Crippen LogP contribution in [0.5, 0.6) is 0 Å². The number of morpholine rings is 1. The van der Waals surface area contributed by atoms with Crippen LogP contribution >= 0.6 is 0 Å². The second kappa shape index (κ2) is 8.97. The molecule has 5 rings (SSSR count). The molecule has 1 aromatic heterocycles. The summed E-state index contributed by atoms with van der Waals surface area (Å²) in [6.07, 6.45) is 1.84. The molecule has 1 saturated heterocycles. The summed E-state index contributed by atoms with van der Waals surface area (Å²) >= 11 is 0. The van der Waals surface area contributed by atoms with E-state index in [2.05, 4.69) is 5.32 Å². The largest absolute Gasteiger partial charge is 0.464 e. The first-order valence-corrected chi connectivity index (χ1v) is 12.3. The first-order valence-electron chi connectivity index (χ1n) is 10.8. The van der Waals surface area contributed by atoms with Gasteiger partial charge in [0.05, 0.1) is 30.8 Å². The molecule has 2 heterocycles. The van der Waals surface area contributed by atoms with Gasteiger partial charge in [-0.2, -0.15) is 4.31 Å². The van der Waals surface area contributed by atoms with Gasteiger partial charge in [-0.1, -0.05) is 42.5 Å². The van der Waals surface area contributed by atoms with Crippen LogP contribution in [0, 0.1) is 0 Å². The van der Waals surface area contributed by atoms with Crippen molar-refractivity contribution in [1.82, 2.24) is 9.62 Å². The van der Waals surface area contributed by atoms with Crippen LogP contribution in [0.2, 0.25) is 0 Å². The Morgan fingerprint density at radius 1 is 0.970 bits per heavy atom. The lowest BCUT2D eigenvalue weighted by atomic mass is 10.0. The number of rotatable bonds is 6. The maximum Gasteiger partial charge on any atom is 0.243 e. The van der Waals surface area contributed by atoms with Gasteiger partial charge in [0.25, 0.3) is 0 Å². The molecule has 1 fully saturated rings. The second-order valence-electron chi connectivity index (χ2n) is 8.03. The highest BCUT2D eigenvalue weighted by Gasteiger charge is 2.26. The van der Waals surface area contributed by atoms with Crippen molar-refractivity contribution >= 4 is 37.7 Å². The van der Waals surface area contributed by atoms with E-state index in [0.29, 0.717) is 32.8 Å². The molecule has 1 aliphatic rings. The number of sulfonamides is 1. The number of benzene rings is 3. The molecule has 33 heavy (non-hydrogen) atoms. The zero-order valence-corrected chi connectivity index (χ0v) is 18.8. The normalized spacial score (nSPS) is 15.2. The quantitative estimate of drug-likeness (QED) is 0.472. The van der Waals surface area contributed by atoms with Crippen molar-refractivity contribution < 1.29 is 22.4 Å². The van der Waals surface area contributed by atoms with Gasteiger partial charge in [0, 0.05) is 30.6 Å². The number of amides is 1. The zero-order valence-electron chi connectivity index (χ0n) is 18.0. The Balaban J connectivity index is 1.25. The Morgan fingerprint density at radius 3 is 2.52 bits per heavy atom. The molecule has 0 radical (unpaired) electrons. The van der Waals surface area contributed by atoms with Crippen molar-refractivity contribution in [3.8, 4) is 0 Å². The van der Waals surface area contributed by atoms with E-state index in [4.69, 9.17) is 9.15 Å². The number of carbonyl (C=O) groups excluding carboxylic acids is 1. The van der Waals surface area contributed by atoms with Crippen molar-refractivity contribution in [3.63, 3.8) is 0 Å². The number of furan rings is 1. The number of fused-ring (bicyclic) bond motifs is 3. The van der Waals surface area contributed by atoms with Crippen LogP contribution in [-0.4, -0.2) is 44.9 Å². The molecule has 7 nitrogen and oxygen atoms in total. The number of ether oxygens (including phenoxy) is 1. The van der Waals surface area contributed by atoms with E-state index in [0.717, 1.165) is 32.9 Å². The Hall–Kier alpha value is -3.20. The first kappa shape index (κ1) is 21.6. The van der Waals surface area contributed by atoms with Crippen molar-refractivity contribution in [3.05, 3.63) is 78.1 Å². The third kappa shape index (κ3) is 4.37. The van der Waals surface area contributed by atoms with Crippen molar-refractivity contribution in [2.75, 3.05) is 26.3 Å². The highest BCUT2D eigenvalue weighted by molar-refractivity contribution is 7.89. The SMILES string of the molecule is O=C(Cc1coc2ccc3ccccc3c12)NCc1ccc(S(=O)(=O)N2CCOCC2)cc1. The molecule has 170 valence electrons. The molecular weight excluding hydrogens is 440 g/mol. The number of carbonyl (C=O) groups is 1. The Morgan fingerprint density at radius 2 is 1.73 bits per heavy atom. The van der Waals surface area contributed by atoms with Crippen LogP contribution in [0.3, 0.4) is 0 Å². The van der Waals surface area contributed by atoms with Crippen LogP contribution < -0.4 is 5.32 Å². The molecule has 0 spiro atoms. The van der Waals surface area contributed by atoms with Crippen LogP contribution in [-0.2, 0) is 32.5 Å². The van der Waals surface area contributed by atoms with Gasteiger partial charge in [-0.25, -0.2) is 8.42 Å². The summed E-state index contributed by atoms with van der Waals surface area (Å²) in [6.45, 7) is 1.85. The lowest BCUT2D eigenvalue weighted by Crippen LogP contribution is -2.40. The topological polar surface area (TPSA) is 88.8 Å². The average Bonchev–Trinajstić information content (AvgIpc) is 3.26.